The van der Waals surface area contributed by atoms with E-state index in [-0.39, 0.29) is 35.2 Å². The molecule has 0 bridgehead atoms. The van der Waals surface area contributed by atoms with E-state index < -0.39 is 15.7 Å². The van der Waals surface area contributed by atoms with Crippen LogP contribution in [0.15, 0.2) is 11.6 Å². The van der Waals surface area contributed by atoms with Crippen LogP contribution in [-0.4, -0.2) is 39.3 Å². The van der Waals surface area contributed by atoms with E-state index in [9.17, 15) is 19.5 Å². The monoisotopic (exact) mass is 542 g/mol. The molecule has 5 nitrogen and oxygen atoms in total. The van der Waals surface area contributed by atoms with Crippen LogP contribution < -0.4 is 0 Å². The number of Topliss-reactive ketones (excluding diaryl/α,β-unsaturated/α-hetero) is 2. The van der Waals surface area contributed by atoms with E-state index in [1.54, 1.807) is 6.92 Å². The molecule has 1 N–H and O–H groups in total. The lowest BCUT2D eigenvalue weighted by Gasteiger charge is -2.58. The van der Waals surface area contributed by atoms with Crippen molar-refractivity contribution in [2.45, 2.75) is 82.2 Å². The third-order valence-electron chi connectivity index (χ3n) is 9.38. The second-order valence-electron chi connectivity index (χ2n) is 10.7. The Morgan fingerprint density at radius 3 is 2.61 bits per heavy atom. The fourth-order valence-corrected chi connectivity index (χ4v) is 8.41. The van der Waals surface area contributed by atoms with Crippen LogP contribution in [0.25, 0.3) is 0 Å². The molecule has 0 saturated heterocycles. The number of hydrogen-bond donors (Lipinski definition) is 1. The number of hydrogen-bond acceptors (Lipinski definition) is 5. The summed E-state index contributed by atoms with van der Waals surface area (Å²) in [7, 11) is 0. The van der Waals surface area contributed by atoms with Crippen LogP contribution in [0.3, 0.4) is 0 Å². The minimum atomic E-state index is -0.954. The van der Waals surface area contributed by atoms with Crippen molar-refractivity contribution in [2.75, 3.05) is 6.61 Å². The zero-order chi connectivity index (χ0) is 22.6. The van der Waals surface area contributed by atoms with Crippen molar-refractivity contribution in [2.24, 2.45) is 34.5 Å². The lowest BCUT2D eigenvalue weighted by molar-refractivity contribution is -0.154. The Kier molecular flexibility index (Phi) is 6.45. The molecule has 3 fully saturated rings. The van der Waals surface area contributed by atoms with Gasteiger partial charge in [0.05, 0.1) is 12.7 Å². The Morgan fingerprint density at radius 2 is 1.90 bits per heavy atom. The molecule has 4 rings (SSSR count). The number of carbonyl (C=O) groups excluding carboxylic acids is 3. The smallest absolute Gasteiger partial charge is 0.376 e. The summed E-state index contributed by atoms with van der Waals surface area (Å²) in [4.78, 5) is 37.7. The predicted molar refractivity (Wildman–Crippen MR) is 126 cm³/mol. The van der Waals surface area contributed by atoms with Crippen molar-refractivity contribution in [1.29, 1.82) is 0 Å². The van der Waals surface area contributed by atoms with Crippen molar-refractivity contribution >= 4 is 40.1 Å². The van der Waals surface area contributed by atoms with Gasteiger partial charge in [-0.05, 0) is 86.9 Å². The number of aliphatic hydroxyl groups excluding tert-OH is 1. The maximum Gasteiger partial charge on any atom is 0.376 e. The molecule has 4 aliphatic carbocycles. The highest BCUT2D eigenvalue weighted by molar-refractivity contribution is 14.1. The van der Waals surface area contributed by atoms with Gasteiger partial charge in [-0.15, -0.1) is 0 Å². The Bertz CT molecular complexity index is 806. The third-order valence-corrected chi connectivity index (χ3v) is 10.6. The molecular formula is C25H35IO5. The van der Waals surface area contributed by atoms with E-state index in [4.69, 9.17) is 4.74 Å². The highest BCUT2D eigenvalue weighted by Crippen LogP contribution is 2.66. The van der Waals surface area contributed by atoms with Crippen molar-refractivity contribution < 1.29 is 24.2 Å². The van der Waals surface area contributed by atoms with Crippen LogP contribution in [0.5, 0.6) is 0 Å². The highest BCUT2D eigenvalue weighted by atomic mass is 127. The van der Waals surface area contributed by atoms with Gasteiger partial charge in [0.2, 0.25) is 0 Å². The van der Waals surface area contributed by atoms with Gasteiger partial charge in [-0.1, -0.05) is 48.1 Å². The van der Waals surface area contributed by atoms with Gasteiger partial charge >= 0.3 is 5.97 Å². The molecule has 0 aromatic heterocycles. The normalized spacial score (nSPS) is 42.5. The number of alkyl halides is 1. The minimum absolute atomic E-state index is 0.0823. The van der Waals surface area contributed by atoms with Gasteiger partial charge in [0.15, 0.2) is 5.78 Å². The Morgan fingerprint density at radius 1 is 1.16 bits per heavy atom. The molecule has 0 amide bonds. The molecule has 0 radical (unpaired) electrons. The summed E-state index contributed by atoms with van der Waals surface area (Å²) in [6.45, 7) is 6.46. The number of aliphatic hydroxyl groups is 1. The Balaban J connectivity index is 1.54. The first-order valence-corrected chi connectivity index (χ1v) is 13.1. The predicted octanol–water partition coefficient (Wildman–Crippen LogP) is 4.43. The largest absolute Gasteiger partial charge is 0.460 e. The second kappa shape index (κ2) is 8.54. The van der Waals surface area contributed by atoms with Crippen LogP contribution in [0.4, 0.5) is 0 Å². The van der Waals surface area contributed by atoms with E-state index in [2.05, 4.69) is 19.9 Å². The summed E-state index contributed by atoms with van der Waals surface area (Å²) < 4.78 is 3.89. The van der Waals surface area contributed by atoms with Gasteiger partial charge in [0, 0.05) is 5.92 Å². The van der Waals surface area contributed by atoms with E-state index in [0.29, 0.717) is 17.8 Å². The first kappa shape index (κ1) is 23.4. The standard InChI is InChI=1S/C25H35IO5/c1-4-31-23(30)22(29)20(26)21(28)19-8-7-17-16-6-5-14-13-15(27)9-11-24(14,2)18(16)10-12-25(17,19)3/h5,15-20,27H,4,6-13H2,1-3H3/t15-,16-,17-,18-,19+,20?,24-,25-/m0/s1. The molecule has 4 aliphatic rings. The van der Waals surface area contributed by atoms with Crippen LogP contribution in [0.1, 0.15) is 72.1 Å². The molecule has 0 aromatic carbocycles. The molecule has 8 atom stereocenters. The second-order valence-corrected chi connectivity index (χ2v) is 11.9. The Hall–Kier alpha value is -0.760. The number of allylic oxidation sites excluding steroid dienone is 1. The summed E-state index contributed by atoms with van der Waals surface area (Å²) in [5, 5.41) is 10.2. The number of esters is 1. The molecule has 0 spiro atoms. The van der Waals surface area contributed by atoms with Gasteiger partial charge in [-0.3, -0.25) is 9.59 Å². The first-order chi connectivity index (χ1) is 14.6. The lowest BCUT2D eigenvalue weighted by atomic mass is 9.47. The molecule has 0 aromatic rings. The van der Waals surface area contributed by atoms with E-state index in [0.717, 1.165) is 51.4 Å². The average Bonchev–Trinajstić information content (AvgIpc) is 3.10. The fraction of sp³-hybridized carbons (Fsp3) is 0.800. The number of fused-ring (bicyclic) bond motifs is 5. The summed E-state index contributed by atoms with van der Waals surface area (Å²) in [6.07, 6.45) is 9.92. The van der Waals surface area contributed by atoms with E-state index in [1.165, 1.54) is 5.57 Å². The third kappa shape index (κ3) is 3.73. The van der Waals surface area contributed by atoms with Gasteiger partial charge < -0.3 is 9.84 Å². The first-order valence-electron chi connectivity index (χ1n) is 11.9. The van der Waals surface area contributed by atoms with Crippen molar-refractivity contribution in [3.63, 3.8) is 0 Å². The van der Waals surface area contributed by atoms with Gasteiger partial charge in [0.25, 0.3) is 5.78 Å². The maximum atomic E-state index is 13.4. The van der Waals surface area contributed by atoms with Crippen LogP contribution in [0, 0.1) is 34.5 Å². The van der Waals surface area contributed by atoms with Crippen LogP contribution in [-0.2, 0) is 19.1 Å². The highest BCUT2D eigenvalue weighted by Gasteiger charge is 2.60. The topological polar surface area (TPSA) is 80.7 Å². The quantitative estimate of drug-likeness (QED) is 0.139. The van der Waals surface area contributed by atoms with Gasteiger partial charge in [-0.25, -0.2) is 4.79 Å². The molecule has 3 saturated carbocycles. The zero-order valence-electron chi connectivity index (χ0n) is 18.9. The van der Waals surface area contributed by atoms with Crippen LogP contribution >= 0.6 is 22.6 Å². The number of rotatable bonds is 5. The molecule has 31 heavy (non-hydrogen) atoms. The number of ether oxygens (including phenoxy) is 1. The molecular weight excluding hydrogens is 507 g/mol. The number of halogens is 1. The summed E-state index contributed by atoms with van der Waals surface area (Å²) in [6, 6.07) is 0. The fourth-order valence-electron chi connectivity index (χ4n) is 7.72. The van der Waals surface area contributed by atoms with Crippen molar-refractivity contribution in [3.8, 4) is 0 Å². The average molecular weight is 542 g/mol. The summed E-state index contributed by atoms with van der Waals surface area (Å²) in [5.41, 5.74) is 1.53. The molecule has 0 heterocycles. The molecule has 1 unspecified atom stereocenters. The summed E-state index contributed by atoms with van der Waals surface area (Å²) in [5.74, 6) is -0.200. The van der Waals surface area contributed by atoms with Crippen molar-refractivity contribution in [3.05, 3.63) is 11.6 Å². The van der Waals surface area contributed by atoms with E-state index in [1.807, 2.05) is 22.6 Å². The zero-order valence-corrected chi connectivity index (χ0v) is 21.0. The molecule has 172 valence electrons. The molecule has 0 aliphatic heterocycles. The Labute approximate surface area is 198 Å². The number of carbonyl (C=O) groups is 3. The van der Waals surface area contributed by atoms with Crippen molar-refractivity contribution in [1.82, 2.24) is 0 Å². The van der Waals surface area contributed by atoms with Gasteiger partial charge in [0.1, 0.15) is 3.92 Å². The lowest BCUT2D eigenvalue weighted by Crippen LogP contribution is -2.51. The SMILES string of the molecule is CCOC(=O)C(=O)C(I)C(=O)[C@H]1CC[C@H]2[C@@H]3CC=C4C[C@@H](O)CC[C@]4(C)[C@H]3CC[C@]12C. The maximum absolute atomic E-state index is 13.4. The minimum Gasteiger partial charge on any atom is -0.460 e. The van der Waals surface area contributed by atoms with E-state index >= 15 is 0 Å². The molecule has 6 heteroatoms. The summed E-state index contributed by atoms with van der Waals surface area (Å²) >= 11 is 1.84. The van der Waals surface area contributed by atoms with Gasteiger partial charge in [-0.2, -0.15) is 0 Å². The van der Waals surface area contributed by atoms with Crippen LogP contribution in [0.2, 0.25) is 0 Å². The number of ketones is 2.